The lowest BCUT2D eigenvalue weighted by molar-refractivity contribution is 0.645. The summed E-state index contributed by atoms with van der Waals surface area (Å²) in [7, 11) is 0. The van der Waals surface area contributed by atoms with E-state index < -0.39 is 78.1 Å². The molecule has 0 atom stereocenters. The van der Waals surface area contributed by atoms with E-state index in [-0.39, 0.29) is 54.9 Å². The molecule has 0 amide bonds. The third-order valence-corrected chi connectivity index (χ3v) is 9.82. The highest BCUT2D eigenvalue weighted by Gasteiger charge is 2.33. The summed E-state index contributed by atoms with van der Waals surface area (Å²) in [5.41, 5.74) is 6.00. The summed E-state index contributed by atoms with van der Waals surface area (Å²) in [5, 5.41) is 1.70. The third kappa shape index (κ3) is 3.70. The van der Waals surface area contributed by atoms with E-state index in [2.05, 4.69) is 56.3 Å². The highest BCUT2D eigenvalue weighted by Crippen LogP contribution is 2.50. The number of rotatable bonds is 3. The van der Waals surface area contributed by atoms with Crippen LogP contribution in [0.4, 0.5) is 0 Å². The fourth-order valence-electron chi connectivity index (χ4n) is 7.62. The summed E-state index contributed by atoms with van der Waals surface area (Å²) in [6, 6.07) is 19.1. The minimum Gasteiger partial charge on any atom is -0.0622 e. The second kappa shape index (κ2) is 9.64. The minimum absolute atomic E-state index is 0.0119. The first-order chi connectivity index (χ1) is 28.5. The second-order valence-electron chi connectivity index (χ2n) is 12.6. The van der Waals surface area contributed by atoms with Crippen molar-refractivity contribution in [2.24, 2.45) is 0 Å². The Morgan fingerprint density at radius 2 is 1.02 bits per heavy atom. The van der Waals surface area contributed by atoms with Gasteiger partial charge in [0.15, 0.2) is 0 Å². The molecule has 9 aromatic carbocycles. The highest BCUT2D eigenvalue weighted by molar-refractivity contribution is 6.27. The molecule has 0 unspecified atom stereocenters. The first kappa shape index (κ1) is 16.7. The lowest BCUT2D eigenvalue weighted by Crippen LogP contribution is -2.23. The Kier molecular flexibility index (Phi) is 3.43. The molecule has 0 radical (unpaired) electrons. The standard InChI is InChI=1S/C47H32/c1-47(2)42-17-7-6-14-37(42)39-16-9-15-38-36(26-27-43(47)46(38)39)33-13-8-12-32(28-33)35-23-19-31-20-24-40-34(29-10-4-3-5-11-29)22-18-30-21-25-41(35)45(31)44(30)40/h3-28H,1-2H3/i3D,4D,5D,10D,11D,18D,19D,20D,21D,22D,23D,24D,25D. The molecule has 0 saturated heterocycles. The van der Waals surface area contributed by atoms with E-state index in [9.17, 15) is 8.22 Å². The average Bonchev–Trinajstić information content (AvgIpc) is 3.24. The number of fused-ring (bicyclic) bond motifs is 2. The van der Waals surface area contributed by atoms with E-state index in [1.807, 2.05) is 30.3 Å². The largest absolute Gasteiger partial charge is 0.0630 e. The number of benzene rings is 9. The minimum atomic E-state index is -0.686. The smallest absolute Gasteiger partial charge is 0.0622 e. The van der Waals surface area contributed by atoms with E-state index in [1.54, 1.807) is 6.07 Å². The maximum Gasteiger partial charge on any atom is 0.0630 e. The van der Waals surface area contributed by atoms with Crippen molar-refractivity contribution in [3.05, 3.63) is 169 Å². The Labute approximate surface area is 293 Å². The van der Waals surface area contributed by atoms with Crippen LogP contribution in [0.3, 0.4) is 0 Å². The van der Waals surface area contributed by atoms with Crippen molar-refractivity contribution < 1.29 is 17.8 Å². The van der Waals surface area contributed by atoms with Crippen LogP contribution in [-0.4, -0.2) is 0 Å². The first-order valence-corrected chi connectivity index (χ1v) is 15.6. The van der Waals surface area contributed by atoms with Crippen LogP contribution in [0.5, 0.6) is 0 Å². The molecule has 0 aromatic heterocycles. The summed E-state index contributed by atoms with van der Waals surface area (Å²) in [5.74, 6) is 0. The van der Waals surface area contributed by atoms with E-state index in [4.69, 9.17) is 9.60 Å². The molecular weight excluding hydrogens is 565 g/mol. The molecule has 47 heavy (non-hydrogen) atoms. The molecule has 1 aliphatic rings. The van der Waals surface area contributed by atoms with Gasteiger partial charge in [0.2, 0.25) is 0 Å². The van der Waals surface area contributed by atoms with Crippen molar-refractivity contribution in [3.63, 3.8) is 0 Å². The van der Waals surface area contributed by atoms with Gasteiger partial charge in [-0.25, -0.2) is 0 Å². The van der Waals surface area contributed by atoms with Gasteiger partial charge in [-0.15, -0.1) is 0 Å². The number of hydrogen-bond donors (Lipinski definition) is 0. The molecule has 0 aliphatic heterocycles. The SMILES string of the molecule is [2H]c1c([2H])c([2H])c(-c2c([2H])c([2H])c3c([2H])c([2H])c4c(-c5cccc(-c6ccc7c8c(cccc68)-c6ccccc6C7(C)C)c5)c([2H])c([2H])c5c([2H])c([2H])c2c3c54)c([2H])c1[2H]. The van der Waals surface area contributed by atoms with Gasteiger partial charge in [-0.2, -0.15) is 0 Å². The molecular formula is C47H32. The van der Waals surface area contributed by atoms with Crippen molar-refractivity contribution in [3.8, 4) is 44.5 Å². The molecule has 9 aromatic rings. The molecule has 0 heteroatoms. The molecule has 0 fully saturated rings. The van der Waals surface area contributed by atoms with E-state index >= 15 is 0 Å². The third-order valence-electron chi connectivity index (χ3n) is 9.82. The molecule has 0 saturated carbocycles. The van der Waals surface area contributed by atoms with Gasteiger partial charge >= 0.3 is 0 Å². The summed E-state index contributed by atoms with van der Waals surface area (Å²) in [4.78, 5) is 0. The predicted molar refractivity (Wildman–Crippen MR) is 202 cm³/mol. The summed E-state index contributed by atoms with van der Waals surface area (Å²) in [6.45, 7) is 4.46. The van der Waals surface area contributed by atoms with Crippen LogP contribution in [-0.2, 0) is 5.41 Å². The van der Waals surface area contributed by atoms with Gasteiger partial charge in [0.25, 0.3) is 0 Å². The van der Waals surface area contributed by atoms with Gasteiger partial charge in [-0.3, -0.25) is 0 Å². The van der Waals surface area contributed by atoms with Crippen LogP contribution < -0.4 is 0 Å². The summed E-state index contributed by atoms with van der Waals surface area (Å²) >= 11 is 0. The molecule has 0 spiro atoms. The van der Waals surface area contributed by atoms with Crippen LogP contribution in [0.15, 0.2) is 157 Å². The van der Waals surface area contributed by atoms with Crippen molar-refractivity contribution in [2.45, 2.75) is 19.3 Å². The molecule has 1 aliphatic carbocycles. The molecule has 0 heterocycles. The Bertz CT molecular complexity index is 3410. The maximum absolute atomic E-state index is 9.43. The van der Waals surface area contributed by atoms with Gasteiger partial charge in [-0.1, -0.05) is 165 Å². The van der Waals surface area contributed by atoms with E-state index in [1.165, 1.54) is 16.7 Å². The highest BCUT2D eigenvalue weighted by atomic mass is 14.4. The maximum atomic E-state index is 9.43. The normalized spacial score (nSPS) is 17.4. The zero-order valence-electron chi connectivity index (χ0n) is 38.5. The Morgan fingerprint density at radius 3 is 1.77 bits per heavy atom. The van der Waals surface area contributed by atoms with Gasteiger partial charge < -0.3 is 0 Å². The molecule has 220 valence electrons. The van der Waals surface area contributed by atoms with Crippen LogP contribution >= 0.6 is 0 Å². The van der Waals surface area contributed by atoms with Gasteiger partial charge in [0, 0.05) is 5.41 Å². The molecule has 0 N–H and O–H groups in total. The predicted octanol–water partition coefficient (Wildman–Crippen LogP) is 13.0. The lowest BCUT2D eigenvalue weighted by Gasteiger charge is -2.35. The Morgan fingerprint density at radius 1 is 0.404 bits per heavy atom. The van der Waals surface area contributed by atoms with Crippen LogP contribution in [0.25, 0.3) is 87.6 Å². The zero-order chi connectivity index (χ0) is 42.6. The Balaban J connectivity index is 1.31. The number of hydrogen-bond acceptors (Lipinski definition) is 0. The average molecular weight is 610 g/mol. The lowest BCUT2D eigenvalue weighted by atomic mass is 9.68. The van der Waals surface area contributed by atoms with Crippen LogP contribution in [0.1, 0.15) is 42.8 Å². The topological polar surface area (TPSA) is 0 Å². The van der Waals surface area contributed by atoms with Crippen molar-refractivity contribution >= 4 is 43.1 Å². The fourth-order valence-corrected chi connectivity index (χ4v) is 7.62. The monoisotopic (exact) mass is 609 g/mol. The first-order valence-electron chi connectivity index (χ1n) is 22.1. The van der Waals surface area contributed by atoms with Crippen molar-refractivity contribution in [2.75, 3.05) is 0 Å². The second-order valence-corrected chi connectivity index (χ2v) is 12.6. The quantitative estimate of drug-likeness (QED) is 0.175. The van der Waals surface area contributed by atoms with Crippen molar-refractivity contribution in [1.82, 2.24) is 0 Å². The molecule has 0 nitrogen and oxygen atoms in total. The molecule has 10 rings (SSSR count). The zero-order valence-corrected chi connectivity index (χ0v) is 25.5. The van der Waals surface area contributed by atoms with E-state index in [0.717, 1.165) is 27.5 Å². The fraction of sp³-hybridized carbons (Fsp3) is 0.0638. The van der Waals surface area contributed by atoms with Crippen molar-refractivity contribution in [1.29, 1.82) is 0 Å². The summed E-state index contributed by atoms with van der Waals surface area (Å²) in [6.07, 6.45) is 0. The van der Waals surface area contributed by atoms with Gasteiger partial charge in [0.05, 0.1) is 17.8 Å². The van der Waals surface area contributed by atoms with Gasteiger partial charge in [0.1, 0.15) is 0 Å². The van der Waals surface area contributed by atoms with E-state index in [0.29, 0.717) is 5.56 Å². The van der Waals surface area contributed by atoms with Crippen LogP contribution in [0, 0.1) is 0 Å². The Hall–Kier alpha value is -5.72. The summed E-state index contributed by atoms with van der Waals surface area (Å²) < 4.78 is 117. The molecule has 0 bridgehead atoms. The van der Waals surface area contributed by atoms with Crippen LogP contribution in [0.2, 0.25) is 0 Å². The van der Waals surface area contributed by atoms with Gasteiger partial charge in [-0.05, 0) is 105 Å².